The number of aromatic nitrogens is 4. The molecule has 9 heteroatoms. The predicted molar refractivity (Wildman–Crippen MR) is 122 cm³/mol. The predicted octanol–water partition coefficient (Wildman–Crippen LogP) is 2.75. The summed E-state index contributed by atoms with van der Waals surface area (Å²) in [6.07, 6.45) is 2.73. The van der Waals surface area contributed by atoms with E-state index in [1.807, 2.05) is 42.5 Å². The quantitative estimate of drug-likeness (QED) is 0.356. The fourth-order valence-electron chi connectivity index (χ4n) is 3.15. The maximum Gasteiger partial charge on any atom is 0.229 e. The molecule has 0 aliphatic rings. The molecule has 4 aromatic rings. The summed E-state index contributed by atoms with van der Waals surface area (Å²) in [5.41, 5.74) is 10.4. The van der Waals surface area contributed by atoms with Gasteiger partial charge in [-0.3, -0.25) is 0 Å². The van der Waals surface area contributed by atoms with Gasteiger partial charge in [0.15, 0.2) is 17.0 Å². The first-order chi connectivity index (χ1) is 14.6. The van der Waals surface area contributed by atoms with E-state index in [9.17, 15) is 5.11 Å². The highest BCUT2D eigenvalue weighted by molar-refractivity contribution is 7.07. The maximum absolute atomic E-state index is 9.32. The minimum Gasteiger partial charge on any atom is -0.399 e. The summed E-state index contributed by atoms with van der Waals surface area (Å²) in [6, 6.07) is 9.87. The number of aliphatic hydroxyl groups is 1. The SMILES string of the molecule is CN(CCO)c1nc(NCc2ccc(N)cc2)c2ncn(CCc3ccsc3)c2n1. The highest BCUT2D eigenvalue weighted by Crippen LogP contribution is 2.23. The van der Waals surface area contributed by atoms with Gasteiger partial charge in [0.1, 0.15) is 0 Å². The van der Waals surface area contributed by atoms with Crippen molar-refractivity contribution in [1.82, 2.24) is 19.5 Å². The van der Waals surface area contributed by atoms with E-state index in [4.69, 9.17) is 10.7 Å². The molecule has 1 aromatic carbocycles. The Morgan fingerprint density at radius 3 is 2.73 bits per heavy atom. The third kappa shape index (κ3) is 4.52. The number of nitrogens with zero attached hydrogens (tertiary/aromatic N) is 5. The number of likely N-dealkylation sites (N-methyl/N-ethyl adjacent to an activating group) is 1. The van der Waals surface area contributed by atoms with Crippen LogP contribution in [0.2, 0.25) is 0 Å². The lowest BCUT2D eigenvalue weighted by atomic mass is 10.2. The molecule has 0 aliphatic heterocycles. The number of hydrogen-bond donors (Lipinski definition) is 3. The fraction of sp³-hybridized carbons (Fsp3) is 0.286. The number of aliphatic hydroxyl groups excluding tert-OH is 1. The Bertz CT molecular complexity index is 1090. The van der Waals surface area contributed by atoms with E-state index in [1.165, 1.54) is 5.56 Å². The van der Waals surface area contributed by atoms with Crippen LogP contribution in [0.5, 0.6) is 0 Å². The van der Waals surface area contributed by atoms with Gasteiger partial charge in [-0.2, -0.15) is 21.3 Å². The molecule has 0 bridgehead atoms. The van der Waals surface area contributed by atoms with Crippen molar-refractivity contribution >= 4 is 40.0 Å². The second-order valence-corrected chi connectivity index (χ2v) is 7.88. The first-order valence-corrected chi connectivity index (χ1v) is 10.7. The molecule has 0 amide bonds. The number of fused-ring (bicyclic) bond motifs is 1. The molecule has 8 nitrogen and oxygen atoms in total. The van der Waals surface area contributed by atoms with Gasteiger partial charge in [0.05, 0.1) is 12.9 Å². The number of nitrogens with two attached hydrogens (primary N) is 1. The number of nitrogen functional groups attached to an aromatic ring is 1. The van der Waals surface area contributed by atoms with Crippen LogP contribution in [-0.2, 0) is 19.5 Å². The van der Waals surface area contributed by atoms with Crippen molar-refractivity contribution in [3.05, 3.63) is 58.5 Å². The summed E-state index contributed by atoms with van der Waals surface area (Å²) < 4.78 is 2.05. The highest BCUT2D eigenvalue weighted by Gasteiger charge is 2.15. The van der Waals surface area contributed by atoms with Crippen LogP contribution in [0.25, 0.3) is 11.2 Å². The van der Waals surface area contributed by atoms with E-state index < -0.39 is 0 Å². The third-order valence-electron chi connectivity index (χ3n) is 4.89. The second-order valence-electron chi connectivity index (χ2n) is 7.10. The van der Waals surface area contributed by atoms with Crippen LogP contribution < -0.4 is 16.0 Å². The Kier molecular flexibility index (Phi) is 6.10. The molecule has 4 rings (SSSR count). The molecular formula is C21H25N7OS. The van der Waals surface area contributed by atoms with Crippen molar-refractivity contribution in [1.29, 1.82) is 0 Å². The molecule has 0 spiro atoms. The fourth-order valence-corrected chi connectivity index (χ4v) is 3.85. The zero-order valence-corrected chi connectivity index (χ0v) is 17.6. The zero-order valence-electron chi connectivity index (χ0n) is 16.8. The van der Waals surface area contributed by atoms with Gasteiger partial charge in [0.25, 0.3) is 0 Å². The number of rotatable bonds is 9. The Morgan fingerprint density at radius 2 is 2.00 bits per heavy atom. The molecule has 4 N–H and O–H groups in total. The van der Waals surface area contributed by atoms with Crippen LogP contribution in [0.4, 0.5) is 17.5 Å². The van der Waals surface area contributed by atoms with Crippen LogP contribution in [0, 0.1) is 0 Å². The Hall–Kier alpha value is -3.17. The minimum absolute atomic E-state index is 0.0313. The number of hydrogen-bond acceptors (Lipinski definition) is 8. The summed E-state index contributed by atoms with van der Waals surface area (Å²) in [5, 5.41) is 17.0. The lowest BCUT2D eigenvalue weighted by Crippen LogP contribution is -2.24. The van der Waals surface area contributed by atoms with Crippen LogP contribution in [0.15, 0.2) is 47.4 Å². The lowest BCUT2D eigenvalue weighted by Gasteiger charge is -2.17. The van der Waals surface area contributed by atoms with Crippen molar-refractivity contribution in [3.8, 4) is 0 Å². The molecule has 3 heterocycles. The molecule has 30 heavy (non-hydrogen) atoms. The number of thiophene rings is 1. The molecule has 0 radical (unpaired) electrons. The monoisotopic (exact) mass is 423 g/mol. The molecule has 0 aliphatic carbocycles. The van der Waals surface area contributed by atoms with Crippen molar-refractivity contribution in [3.63, 3.8) is 0 Å². The number of imidazole rings is 1. The summed E-state index contributed by atoms with van der Waals surface area (Å²) in [4.78, 5) is 15.8. The van der Waals surface area contributed by atoms with Gasteiger partial charge in [-0.05, 0) is 46.5 Å². The molecule has 0 saturated carbocycles. The molecule has 156 valence electrons. The van der Waals surface area contributed by atoms with Gasteiger partial charge in [-0.1, -0.05) is 12.1 Å². The van der Waals surface area contributed by atoms with Crippen molar-refractivity contribution < 1.29 is 5.11 Å². The van der Waals surface area contributed by atoms with Crippen molar-refractivity contribution in [2.45, 2.75) is 19.5 Å². The Labute approximate surface area is 179 Å². The average Bonchev–Trinajstić information content (AvgIpc) is 3.41. The van der Waals surface area contributed by atoms with Gasteiger partial charge in [-0.25, -0.2) is 4.98 Å². The summed E-state index contributed by atoms with van der Waals surface area (Å²) in [6.45, 7) is 1.86. The average molecular weight is 424 g/mol. The van der Waals surface area contributed by atoms with E-state index in [-0.39, 0.29) is 6.61 Å². The van der Waals surface area contributed by atoms with Gasteiger partial charge >= 0.3 is 0 Å². The molecule has 0 fully saturated rings. The molecule has 0 unspecified atom stereocenters. The minimum atomic E-state index is 0.0313. The topological polar surface area (TPSA) is 105 Å². The van der Waals surface area contributed by atoms with Gasteiger partial charge < -0.3 is 25.6 Å². The maximum atomic E-state index is 9.32. The first-order valence-electron chi connectivity index (χ1n) is 9.78. The van der Waals surface area contributed by atoms with Crippen LogP contribution >= 0.6 is 11.3 Å². The second kappa shape index (κ2) is 9.10. The smallest absolute Gasteiger partial charge is 0.229 e. The molecule has 3 aromatic heterocycles. The Morgan fingerprint density at radius 1 is 1.17 bits per heavy atom. The third-order valence-corrected chi connectivity index (χ3v) is 5.62. The summed E-state index contributed by atoms with van der Waals surface area (Å²) in [5.74, 6) is 1.22. The van der Waals surface area contributed by atoms with Gasteiger partial charge in [0.2, 0.25) is 5.95 Å². The highest BCUT2D eigenvalue weighted by atomic mass is 32.1. The standard InChI is InChI=1S/C21H25N7OS/c1-27(9-10-29)21-25-19(23-12-15-2-4-17(22)5-3-15)18-20(26-21)28(14-24-18)8-6-16-7-11-30-13-16/h2-5,7,11,13-14,29H,6,8-10,12,22H2,1H3,(H,23,25,26). The van der Waals surface area contributed by atoms with E-state index in [0.29, 0.717) is 24.9 Å². The summed E-state index contributed by atoms with van der Waals surface area (Å²) >= 11 is 1.70. The lowest BCUT2D eigenvalue weighted by molar-refractivity contribution is 0.303. The number of aryl methyl sites for hydroxylation is 2. The number of benzene rings is 1. The number of nitrogens with one attached hydrogen (secondary N) is 1. The molecular weight excluding hydrogens is 398 g/mol. The Balaban J connectivity index is 1.63. The first kappa shape index (κ1) is 20.1. The molecule has 0 saturated heterocycles. The van der Waals surface area contributed by atoms with Crippen LogP contribution in [-0.4, -0.2) is 44.8 Å². The van der Waals surface area contributed by atoms with E-state index in [1.54, 1.807) is 11.3 Å². The molecule has 0 atom stereocenters. The normalized spacial score (nSPS) is 11.1. The summed E-state index contributed by atoms with van der Waals surface area (Å²) in [7, 11) is 1.87. The van der Waals surface area contributed by atoms with Crippen molar-refractivity contribution in [2.24, 2.45) is 0 Å². The van der Waals surface area contributed by atoms with E-state index in [0.717, 1.165) is 35.4 Å². The van der Waals surface area contributed by atoms with Gasteiger partial charge in [0, 0.05) is 32.4 Å². The number of anilines is 3. The zero-order chi connectivity index (χ0) is 20.9. The van der Waals surface area contributed by atoms with E-state index >= 15 is 0 Å². The van der Waals surface area contributed by atoms with Crippen LogP contribution in [0.1, 0.15) is 11.1 Å². The van der Waals surface area contributed by atoms with Crippen LogP contribution in [0.3, 0.4) is 0 Å². The van der Waals surface area contributed by atoms with Gasteiger partial charge in [-0.15, -0.1) is 0 Å². The largest absolute Gasteiger partial charge is 0.399 e. The van der Waals surface area contributed by atoms with E-state index in [2.05, 4.69) is 36.7 Å². The van der Waals surface area contributed by atoms with Crippen molar-refractivity contribution in [2.75, 3.05) is 36.1 Å².